The highest BCUT2D eigenvalue weighted by Gasteiger charge is 2.50. The van der Waals surface area contributed by atoms with E-state index in [9.17, 15) is 0 Å². The smallest absolute Gasteiger partial charge is 0.161 e. The van der Waals surface area contributed by atoms with Gasteiger partial charge in [0.25, 0.3) is 0 Å². The molecular formula is C20H32O2. The summed E-state index contributed by atoms with van der Waals surface area (Å²) in [6.45, 7) is 8.03. The van der Waals surface area contributed by atoms with Crippen LogP contribution >= 0.6 is 0 Å². The molecule has 2 bridgehead atoms. The molecule has 0 aromatic rings. The molecule has 22 heavy (non-hydrogen) atoms. The third-order valence-corrected chi connectivity index (χ3v) is 7.02. The first-order valence-electron chi connectivity index (χ1n) is 9.59. The molecule has 2 heteroatoms. The summed E-state index contributed by atoms with van der Waals surface area (Å²) in [4.78, 5) is 0. The van der Waals surface area contributed by atoms with E-state index in [1.807, 2.05) is 0 Å². The average molecular weight is 304 g/mol. The fourth-order valence-corrected chi connectivity index (χ4v) is 5.67. The van der Waals surface area contributed by atoms with Gasteiger partial charge in [-0.05, 0) is 61.2 Å². The third kappa shape index (κ3) is 2.57. The lowest BCUT2D eigenvalue weighted by Crippen LogP contribution is -2.43. The molecule has 3 fully saturated rings. The van der Waals surface area contributed by atoms with Gasteiger partial charge in [-0.25, -0.2) is 0 Å². The van der Waals surface area contributed by atoms with Crippen molar-refractivity contribution < 1.29 is 9.47 Å². The van der Waals surface area contributed by atoms with Gasteiger partial charge < -0.3 is 9.47 Å². The van der Waals surface area contributed by atoms with Crippen LogP contribution in [0.4, 0.5) is 0 Å². The zero-order valence-electron chi connectivity index (χ0n) is 14.4. The number of rotatable bonds is 3. The van der Waals surface area contributed by atoms with Gasteiger partial charge in [0.15, 0.2) is 6.29 Å². The first kappa shape index (κ1) is 15.2. The SMILES string of the molecule is CC(C)[C@@H]1CC[C@@H](C)C[C@H]1O[C@@H]1OC[C@@H]2[C@H]1[C@@H]1C=C[C@H]2CC1. The van der Waals surface area contributed by atoms with Gasteiger partial charge in [0.05, 0.1) is 12.7 Å². The Hall–Kier alpha value is -0.340. The van der Waals surface area contributed by atoms with Crippen molar-refractivity contribution >= 4 is 0 Å². The number of allylic oxidation sites excluding steroid dienone is 2. The highest BCUT2D eigenvalue weighted by Crippen LogP contribution is 2.51. The minimum Gasteiger partial charge on any atom is -0.352 e. The minimum absolute atomic E-state index is 0.0688. The first-order chi connectivity index (χ1) is 10.6. The van der Waals surface area contributed by atoms with Gasteiger partial charge in [-0.1, -0.05) is 39.3 Å². The van der Waals surface area contributed by atoms with Crippen LogP contribution < -0.4 is 0 Å². The topological polar surface area (TPSA) is 18.5 Å². The standard InChI is InChI=1S/C20H32O2/c1-12(2)16-9-4-13(3)10-18(16)22-20-19-15-7-5-14(6-8-15)17(19)11-21-20/h5,7,12-20H,4,6,8-11H2,1-3H3/t13-,14+,15-,16+,17+,18-,19-,20+/m1/s1. The monoisotopic (exact) mass is 304 g/mol. The molecule has 0 radical (unpaired) electrons. The van der Waals surface area contributed by atoms with E-state index in [1.54, 1.807) is 0 Å². The van der Waals surface area contributed by atoms with E-state index in [1.165, 1.54) is 32.1 Å². The van der Waals surface area contributed by atoms with Crippen LogP contribution in [0.25, 0.3) is 0 Å². The van der Waals surface area contributed by atoms with E-state index in [2.05, 4.69) is 32.9 Å². The Labute approximate surface area is 135 Å². The maximum atomic E-state index is 6.66. The largest absolute Gasteiger partial charge is 0.352 e. The molecule has 0 aromatic carbocycles. The van der Waals surface area contributed by atoms with Crippen LogP contribution in [0.15, 0.2) is 12.2 Å². The summed E-state index contributed by atoms with van der Waals surface area (Å²) in [5, 5.41) is 0. The molecule has 5 rings (SSSR count). The van der Waals surface area contributed by atoms with Crippen molar-refractivity contribution in [3.05, 3.63) is 12.2 Å². The van der Waals surface area contributed by atoms with Gasteiger partial charge in [0, 0.05) is 5.92 Å². The zero-order chi connectivity index (χ0) is 15.3. The van der Waals surface area contributed by atoms with Crippen LogP contribution in [0.3, 0.4) is 0 Å². The predicted molar refractivity (Wildman–Crippen MR) is 88.3 cm³/mol. The van der Waals surface area contributed by atoms with Crippen LogP contribution in [-0.4, -0.2) is 19.0 Å². The first-order valence-corrected chi connectivity index (χ1v) is 9.59. The Morgan fingerprint density at radius 2 is 1.82 bits per heavy atom. The van der Waals surface area contributed by atoms with Crippen molar-refractivity contribution in [3.63, 3.8) is 0 Å². The normalized spacial score (nSPS) is 50.5. The number of fused-ring (bicyclic) bond motifs is 1. The number of ether oxygens (including phenoxy) is 2. The third-order valence-electron chi connectivity index (χ3n) is 7.02. The molecule has 0 aromatic heterocycles. The predicted octanol–water partition coefficient (Wildman–Crippen LogP) is 4.65. The van der Waals surface area contributed by atoms with Crippen molar-refractivity contribution in [1.82, 2.24) is 0 Å². The van der Waals surface area contributed by atoms with Crippen molar-refractivity contribution in [1.29, 1.82) is 0 Å². The zero-order valence-corrected chi connectivity index (χ0v) is 14.4. The van der Waals surface area contributed by atoms with Crippen molar-refractivity contribution in [2.75, 3.05) is 6.61 Å². The molecule has 1 heterocycles. The Kier molecular flexibility index (Phi) is 4.11. The van der Waals surface area contributed by atoms with Gasteiger partial charge in [-0.3, -0.25) is 0 Å². The maximum absolute atomic E-state index is 6.66. The molecule has 4 aliphatic carbocycles. The summed E-state index contributed by atoms with van der Waals surface area (Å²) in [7, 11) is 0. The minimum atomic E-state index is 0.0688. The van der Waals surface area contributed by atoms with Gasteiger partial charge in [-0.15, -0.1) is 0 Å². The van der Waals surface area contributed by atoms with E-state index < -0.39 is 0 Å². The lowest BCUT2D eigenvalue weighted by molar-refractivity contribution is -0.195. The van der Waals surface area contributed by atoms with Gasteiger partial charge in [-0.2, -0.15) is 0 Å². The second kappa shape index (κ2) is 5.94. The molecule has 1 saturated heterocycles. The summed E-state index contributed by atoms with van der Waals surface area (Å²) in [5.74, 6) is 5.07. The van der Waals surface area contributed by atoms with Crippen LogP contribution in [0.1, 0.15) is 52.9 Å². The molecule has 0 amide bonds. The molecule has 2 saturated carbocycles. The molecule has 124 valence electrons. The van der Waals surface area contributed by atoms with Crippen molar-refractivity contribution in [2.45, 2.75) is 65.3 Å². The Balaban J connectivity index is 1.47. The van der Waals surface area contributed by atoms with E-state index in [0.717, 1.165) is 36.2 Å². The second-order valence-electron chi connectivity index (χ2n) is 8.73. The molecular weight excluding hydrogens is 272 g/mol. The number of hydrogen-bond acceptors (Lipinski definition) is 2. The van der Waals surface area contributed by atoms with Crippen LogP contribution in [0, 0.1) is 41.4 Å². The molecule has 8 atom stereocenters. The summed E-state index contributed by atoms with van der Waals surface area (Å²) in [6.07, 6.45) is 12.0. The van der Waals surface area contributed by atoms with Gasteiger partial charge in [0.1, 0.15) is 0 Å². The van der Waals surface area contributed by atoms with Crippen LogP contribution in [0.5, 0.6) is 0 Å². The van der Waals surface area contributed by atoms with Crippen molar-refractivity contribution in [3.8, 4) is 0 Å². The quantitative estimate of drug-likeness (QED) is 0.707. The van der Waals surface area contributed by atoms with Gasteiger partial charge >= 0.3 is 0 Å². The lowest BCUT2D eigenvalue weighted by Gasteiger charge is -2.44. The van der Waals surface area contributed by atoms with E-state index in [4.69, 9.17) is 9.47 Å². The molecule has 2 nitrogen and oxygen atoms in total. The molecule has 5 aliphatic rings. The summed E-state index contributed by atoms with van der Waals surface area (Å²) in [6, 6.07) is 0. The fourth-order valence-electron chi connectivity index (χ4n) is 5.67. The van der Waals surface area contributed by atoms with Crippen LogP contribution in [0.2, 0.25) is 0 Å². The van der Waals surface area contributed by atoms with Crippen molar-refractivity contribution in [2.24, 2.45) is 41.4 Å². The molecule has 0 unspecified atom stereocenters. The Morgan fingerprint density at radius 3 is 2.55 bits per heavy atom. The summed E-state index contributed by atoms with van der Waals surface area (Å²) < 4.78 is 12.8. The highest BCUT2D eigenvalue weighted by molar-refractivity contribution is 5.11. The Morgan fingerprint density at radius 1 is 1.05 bits per heavy atom. The number of hydrogen-bond donors (Lipinski definition) is 0. The molecule has 1 aliphatic heterocycles. The summed E-state index contributed by atoms with van der Waals surface area (Å²) in [5.41, 5.74) is 0. The van der Waals surface area contributed by atoms with E-state index in [0.29, 0.717) is 17.9 Å². The van der Waals surface area contributed by atoms with E-state index >= 15 is 0 Å². The van der Waals surface area contributed by atoms with Crippen LogP contribution in [-0.2, 0) is 9.47 Å². The van der Waals surface area contributed by atoms with E-state index in [-0.39, 0.29) is 6.29 Å². The lowest BCUT2D eigenvalue weighted by atomic mass is 9.63. The fraction of sp³-hybridized carbons (Fsp3) is 0.900. The Bertz CT molecular complexity index is 429. The highest BCUT2D eigenvalue weighted by atomic mass is 16.7. The average Bonchev–Trinajstić information content (AvgIpc) is 2.94. The second-order valence-corrected chi connectivity index (χ2v) is 8.73. The molecule has 0 spiro atoms. The maximum Gasteiger partial charge on any atom is 0.161 e. The van der Waals surface area contributed by atoms with Gasteiger partial charge in [0.2, 0.25) is 0 Å². The summed E-state index contributed by atoms with van der Waals surface area (Å²) >= 11 is 0. The molecule has 0 N–H and O–H groups in total.